The summed E-state index contributed by atoms with van der Waals surface area (Å²) in [5, 5.41) is -12.2. The molecule has 0 fully saturated rings. The van der Waals surface area contributed by atoms with Gasteiger partial charge in [0.1, 0.15) is 5.75 Å². The minimum atomic E-state index is -7.88. The summed E-state index contributed by atoms with van der Waals surface area (Å²) in [5.41, 5.74) is -6.23. The second kappa shape index (κ2) is 12.1. The van der Waals surface area contributed by atoms with E-state index in [2.05, 4.69) is 16.1 Å². The number of nitrogens with one attached hydrogen (secondary N) is 2. The summed E-state index contributed by atoms with van der Waals surface area (Å²) in [7, 11) is -22.5. The quantitative estimate of drug-likeness (QED) is 0.150. The zero-order valence-corrected chi connectivity index (χ0v) is 23.8. The first-order valence-electron chi connectivity index (χ1n) is 9.18. The number of halogens is 9. The van der Waals surface area contributed by atoms with Gasteiger partial charge in [0.15, 0.2) is 0 Å². The molecule has 2 N–H and O–H groups in total. The molecule has 219 valence electrons. The fourth-order valence-electron chi connectivity index (χ4n) is 2.10. The van der Waals surface area contributed by atoms with Crippen molar-refractivity contribution in [2.24, 2.45) is 0 Å². The van der Waals surface area contributed by atoms with E-state index in [1.165, 1.54) is 6.92 Å². The molecule has 23 heteroatoms. The monoisotopic (exact) mass is 653 g/mol. The molecule has 0 saturated heterocycles. The van der Waals surface area contributed by atoms with Gasteiger partial charge < -0.3 is 9.50 Å². The molecule has 0 spiro atoms. The third-order valence-corrected chi connectivity index (χ3v) is 8.72. The molecule has 0 aliphatic carbocycles. The summed E-state index contributed by atoms with van der Waals surface area (Å²) in [5.74, 6) is -9.30. The Balaban J connectivity index is 0.0000144. The van der Waals surface area contributed by atoms with Crippen LogP contribution in [0.2, 0.25) is 0 Å². The number of carbonyl (C=O) groups excluding carboxylic acids is 1. The van der Waals surface area contributed by atoms with Gasteiger partial charge in [0.25, 0.3) is 10.0 Å². The van der Waals surface area contributed by atoms with E-state index in [0.717, 1.165) is 12.1 Å². The van der Waals surface area contributed by atoms with Crippen LogP contribution in [-0.4, -0.2) is 89.2 Å². The van der Waals surface area contributed by atoms with Gasteiger partial charge in [-0.3, -0.25) is 4.79 Å². The van der Waals surface area contributed by atoms with Crippen molar-refractivity contribution >= 4 is 65.6 Å². The van der Waals surface area contributed by atoms with E-state index in [1.54, 1.807) is 0 Å². The van der Waals surface area contributed by atoms with Crippen LogP contribution in [0.15, 0.2) is 36.4 Å². The van der Waals surface area contributed by atoms with Crippen LogP contribution in [0.5, 0.6) is 5.75 Å². The Hall–Kier alpha value is -1.59. The second-order valence-corrected chi connectivity index (χ2v) is 12.4. The predicted octanol–water partition coefficient (Wildman–Crippen LogP) is 1.84. The maximum absolute atomic E-state index is 14.1. The Morgan fingerprint density at radius 2 is 1.31 bits per heavy atom. The fraction of sp³-hybridized carbons (Fsp3) is 0.438. The van der Waals surface area contributed by atoms with E-state index in [0.29, 0.717) is 12.1 Å². The van der Waals surface area contributed by atoms with E-state index in [-0.39, 0.29) is 53.7 Å². The van der Waals surface area contributed by atoms with Crippen LogP contribution < -0.4 is 13.6 Å². The number of alkyl halides is 9. The number of hydrogen-bond donors (Lipinski definition) is 2. The van der Waals surface area contributed by atoms with Gasteiger partial charge >= 0.3 is 42.1 Å². The van der Waals surface area contributed by atoms with Crippen molar-refractivity contribution in [3.05, 3.63) is 42.0 Å². The summed E-state index contributed by atoms with van der Waals surface area (Å²) in [4.78, 5) is 11.4. The molecule has 39 heavy (non-hydrogen) atoms. The van der Waals surface area contributed by atoms with Crippen molar-refractivity contribution < 1.29 is 73.7 Å². The Kier molecular flexibility index (Phi) is 11.6. The molecule has 0 bridgehead atoms. The van der Waals surface area contributed by atoms with Crippen LogP contribution in [0.4, 0.5) is 39.5 Å². The number of benzene rings is 1. The molecule has 1 aromatic rings. The minimum Gasteiger partial charge on any atom is -0.378 e. The SMILES string of the molecule is C=C(C)C(=O)NCCc1ccc(OS(=O)(=O)C(F)(F)C(F)(F)C(F)(F)S(=O)(=O)NS(=O)(=O)C(F)(F)F)cc1.[Na]. The van der Waals surface area contributed by atoms with E-state index in [9.17, 15) is 69.6 Å². The van der Waals surface area contributed by atoms with Crippen molar-refractivity contribution in [1.82, 2.24) is 9.44 Å². The third kappa shape index (κ3) is 7.79. The molecule has 1 aromatic carbocycles. The van der Waals surface area contributed by atoms with Crippen LogP contribution in [0.25, 0.3) is 0 Å². The molecular weight excluding hydrogens is 638 g/mol. The minimum absolute atomic E-state index is 0. The maximum Gasteiger partial charge on any atom is 0.512 e. The summed E-state index contributed by atoms with van der Waals surface area (Å²) in [6, 6.07) is 3.10. The normalized spacial score (nSPS) is 13.8. The van der Waals surface area contributed by atoms with Crippen LogP contribution in [-0.2, 0) is 41.4 Å². The average Bonchev–Trinajstić information content (AvgIpc) is 2.72. The molecule has 10 nitrogen and oxygen atoms in total. The van der Waals surface area contributed by atoms with Crippen molar-refractivity contribution in [3.63, 3.8) is 0 Å². The van der Waals surface area contributed by atoms with E-state index in [4.69, 9.17) is 0 Å². The number of hydrogen-bond acceptors (Lipinski definition) is 8. The van der Waals surface area contributed by atoms with Crippen molar-refractivity contribution in [1.29, 1.82) is 0 Å². The van der Waals surface area contributed by atoms with Gasteiger partial charge in [-0.25, -0.2) is 16.8 Å². The molecule has 1 amide bonds. The van der Waals surface area contributed by atoms with Gasteiger partial charge in [-0.15, -0.1) is 0 Å². The first kappa shape index (κ1) is 37.4. The molecular formula is C16H15F9N2NaO8S3. The molecule has 0 aromatic heterocycles. The van der Waals surface area contributed by atoms with Crippen LogP contribution in [0.3, 0.4) is 0 Å². The van der Waals surface area contributed by atoms with Crippen LogP contribution in [0.1, 0.15) is 12.5 Å². The summed E-state index contributed by atoms with van der Waals surface area (Å²) >= 11 is 0. The smallest absolute Gasteiger partial charge is 0.378 e. The van der Waals surface area contributed by atoms with E-state index < -0.39 is 67.9 Å². The Morgan fingerprint density at radius 1 is 0.846 bits per heavy atom. The van der Waals surface area contributed by atoms with Crippen molar-refractivity contribution in [3.8, 4) is 5.75 Å². The molecule has 0 heterocycles. The molecule has 0 aliphatic heterocycles. The van der Waals surface area contributed by atoms with Gasteiger partial charge in [-0.1, -0.05) is 22.8 Å². The topological polar surface area (TPSA) is 153 Å². The maximum atomic E-state index is 14.1. The van der Waals surface area contributed by atoms with Gasteiger partial charge in [0, 0.05) is 41.7 Å². The molecule has 0 atom stereocenters. The molecule has 0 unspecified atom stereocenters. The molecule has 0 aliphatic rings. The second-order valence-electron chi connectivity index (χ2n) is 7.11. The first-order valence-corrected chi connectivity index (χ1v) is 13.6. The Morgan fingerprint density at radius 3 is 1.72 bits per heavy atom. The van der Waals surface area contributed by atoms with Crippen LogP contribution >= 0.6 is 0 Å². The van der Waals surface area contributed by atoms with Gasteiger partial charge in [-0.05, 0) is 31.0 Å². The third-order valence-electron chi connectivity index (χ3n) is 4.12. The number of sulfonamides is 2. The Bertz CT molecular complexity index is 1400. The van der Waals surface area contributed by atoms with Crippen molar-refractivity contribution in [2.45, 2.75) is 35.3 Å². The predicted molar refractivity (Wildman–Crippen MR) is 115 cm³/mol. The van der Waals surface area contributed by atoms with E-state index in [1.807, 2.05) is 0 Å². The van der Waals surface area contributed by atoms with Crippen molar-refractivity contribution in [2.75, 3.05) is 6.54 Å². The zero-order chi connectivity index (χ0) is 30.2. The number of amides is 1. The molecule has 1 rings (SSSR count). The Labute approximate surface area is 237 Å². The van der Waals surface area contributed by atoms with Gasteiger partial charge in [-0.2, -0.15) is 47.9 Å². The van der Waals surface area contributed by atoms with Gasteiger partial charge in [0.05, 0.1) is 0 Å². The summed E-state index contributed by atoms with van der Waals surface area (Å²) < 4.78 is 191. The van der Waals surface area contributed by atoms with Crippen LogP contribution in [0, 0.1) is 0 Å². The largest absolute Gasteiger partial charge is 0.512 e. The first-order chi connectivity index (χ1) is 16.7. The standard InChI is InChI=1S/C16H15F9N2O8S3.Na/c1-9(2)12(28)26-8-7-10-3-5-11(6-4-10)35-38(33,34)15(21,22)13(17,18)14(19,20)36(29,30)27-37(31,32)16(23,24)25;/h3-6,27H,1,7-8H2,2H3,(H,26,28);. The summed E-state index contributed by atoms with van der Waals surface area (Å²) in [6.07, 6.45) is 0.0538. The fourth-order valence-corrected chi connectivity index (χ4v) is 5.49. The zero-order valence-electron chi connectivity index (χ0n) is 19.3. The number of carbonyl (C=O) groups is 1. The number of rotatable bonds is 12. The average molecular weight is 653 g/mol. The van der Waals surface area contributed by atoms with Gasteiger partial charge in [0.2, 0.25) is 5.91 Å². The molecule has 1 radical (unpaired) electrons. The molecule has 0 saturated carbocycles. The van der Waals surface area contributed by atoms with E-state index >= 15 is 0 Å². The summed E-state index contributed by atoms with van der Waals surface area (Å²) in [6.45, 7) is 4.75.